The smallest absolute Gasteiger partial charge is 0.349 e. The number of esters is 1. The van der Waals surface area contributed by atoms with Crippen LogP contribution in [-0.4, -0.2) is 48.9 Å². The van der Waals surface area contributed by atoms with E-state index in [-0.39, 0.29) is 25.1 Å². The average molecular weight is 344 g/mol. The van der Waals surface area contributed by atoms with Crippen molar-refractivity contribution in [1.29, 1.82) is 0 Å². The number of ether oxygens (including phenoxy) is 1. The summed E-state index contributed by atoms with van der Waals surface area (Å²) >= 11 is 0. The minimum atomic E-state index is -1.03. The second kappa shape index (κ2) is 6.76. The van der Waals surface area contributed by atoms with Crippen molar-refractivity contribution in [2.45, 2.75) is 12.5 Å². The van der Waals surface area contributed by atoms with Crippen LogP contribution in [0, 0.1) is 0 Å². The molecule has 1 aliphatic rings. The van der Waals surface area contributed by atoms with Crippen molar-refractivity contribution in [2.24, 2.45) is 0 Å². The Kier molecular flexibility index (Phi) is 4.51. The fourth-order valence-electron chi connectivity index (χ4n) is 2.77. The van der Waals surface area contributed by atoms with E-state index in [9.17, 15) is 19.2 Å². The van der Waals surface area contributed by atoms with Crippen molar-refractivity contribution in [3.05, 3.63) is 46.3 Å². The molecule has 2 amide bonds. The maximum Gasteiger partial charge on any atom is 0.349 e. The number of amides is 2. The molecule has 130 valence electrons. The van der Waals surface area contributed by atoms with Crippen LogP contribution in [0.4, 0.5) is 0 Å². The Labute approximate surface area is 142 Å². The molecular weight excluding hydrogens is 328 g/mol. The van der Waals surface area contributed by atoms with Crippen LogP contribution in [0.3, 0.4) is 0 Å². The van der Waals surface area contributed by atoms with Gasteiger partial charge in [-0.05, 0) is 12.1 Å². The maximum absolute atomic E-state index is 12.8. The number of piperazine rings is 1. The van der Waals surface area contributed by atoms with E-state index in [2.05, 4.69) is 10.1 Å². The molecule has 0 radical (unpaired) electrons. The lowest BCUT2D eigenvalue weighted by molar-refractivity contribution is -0.145. The molecule has 1 aliphatic heterocycles. The lowest BCUT2D eigenvalue weighted by Gasteiger charge is -2.34. The number of carbonyl (C=O) groups is 3. The first kappa shape index (κ1) is 16.7. The molecule has 1 aromatic carbocycles. The molecule has 0 spiro atoms. The van der Waals surface area contributed by atoms with Gasteiger partial charge in [-0.1, -0.05) is 18.2 Å². The quantitative estimate of drug-likeness (QED) is 0.634. The standard InChI is InChI=1S/C17H16N2O6/c1-24-14(20)9-12-15(21)18-6-7-19(12)16(22)11-8-10-4-2-3-5-13(10)25-17(11)23/h2-5,8,12H,6-7,9H2,1H3,(H,18,21). The molecule has 8 heteroatoms. The first-order valence-corrected chi connectivity index (χ1v) is 7.69. The summed E-state index contributed by atoms with van der Waals surface area (Å²) in [4.78, 5) is 49.8. The lowest BCUT2D eigenvalue weighted by Crippen LogP contribution is -2.58. The van der Waals surface area contributed by atoms with Crippen LogP contribution in [0.1, 0.15) is 16.8 Å². The molecular formula is C17H16N2O6. The van der Waals surface area contributed by atoms with Crippen LogP contribution in [-0.2, 0) is 14.3 Å². The van der Waals surface area contributed by atoms with Gasteiger partial charge in [-0.2, -0.15) is 0 Å². The second-order valence-corrected chi connectivity index (χ2v) is 5.57. The molecule has 1 atom stereocenters. The fraction of sp³-hybridized carbons (Fsp3) is 0.294. The van der Waals surface area contributed by atoms with Gasteiger partial charge >= 0.3 is 11.6 Å². The minimum absolute atomic E-state index is 0.178. The number of nitrogens with zero attached hydrogens (tertiary/aromatic N) is 1. The predicted molar refractivity (Wildman–Crippen MR) is 87.0 cm³/mol. The molecule has 3 rings (SSSR count). The predicted octanol–water partition coefficient (Wildman–Crippen LogP) is 0.297. The van der Waals surface area contributed by atoms with Gasteiger partial charge in [0.05, 0.1) is 13.5 Å². The maximum atomic E-state index is 12.8. The van der Waals surface area contributed by atoms with Gasteiger partial charge in [0.1, 0.15) is 17.2 Å². The zero-order valence-corrected chi connectivity index (χ0v) is 13.5. The van der Waals surface area contributed by atoms with Gasteiger partial charge < -0.3 is 19.4 Å². The van der Waals surface area contributed by atoms with Gasteiger partial charge in [0.25, 0.3) is 5.91 Å². The summed E-state index contributed by atoms with van der Waals surface area (Å²) in [5.74, 6) is -1.73. The van der Waals surface area contributed by atoms with E-state index >= 15 is 0 Å². The Morgan fingerprint density at radius 2 is 2.08 bits per heavy atom. The molecule has 0 aliphatic carbocycles. The van der Waals surface area contributed by atoms with E-state index in [4.69, 9.17) is 4.42 Å². The molecule has 0 saturated carbocycles. The lowest BCUT2D eigenvalue weighted by atomic mass is 10.1. The van der Waals surface area contributed by atoms with E-state index in [1.54, 1.807) is 24.3 Å². The van der Waals surface area contributed by atoms with Crippen molar-refractivity contribution < 1.29 is 23.5 Å². The Hall–Kier alpha value is -3.16. The van der Waals surface area contributed by atoms with E-state index in [1.807, 2.05) is 0 Å². The normalized spacial score (nSPS) is 17.2. The number of hydrogen-bond donors (Lipinski definition) is 1. The number of fused-ring (bicyclic) bond motifs is 1. The number of para-hydroxylation sites is 1. The first-order chi connectivity index (χ1) is 12.0. The van der Waals surface area contributed by atoms with E-state index in [1.165, 1.54) is 18.1 Å². The summed E-state index contributed by atoms with van der Waals surface area (Å²) in [7, 11) is 1.20. The third-order valence-corrected chi connectivity index (χ3v) is 4.05. The van der Waals surface area contributed by atoms with Gasteiger partial charge in [0, 0.05) is 18.5 Å². The molecule has 0 bridgehead atoms. The number of hydrogen-bond acceptors (Lipinski definition) is 6. The van der Waals surface area contributed by atoms with E-state index in [0.717, 1.165) is 0 Å². The highest BCUT2D eigenvalue weighted by molar-refractivity contribution is 6.00. The molecule has 1 fully saturated rings. The number of methoxy groups -OCH3 is 1. The van der Waals surface area contributed by atoms with Crippen LogP contribution in [0.25, 0.3) is 11.0 Å². The third kappa shape index (κ3) is 3.23. The van der Waals surface area contributed by atoms with Crippen molar-refractivity contribution in [1.82, 2.24) is 10.2 Å². The second-order valence-electron chi connectivity index (χ2n) is 5.57. The Balaban J connectivity index is 1.97. The van der Waals surface area contributed by atoms with Crippen LogP contribution < -0.4 is 10.9 Å². The number of benzene rings is 1. The summed E-state index contributed by atoms with van der Waals surface area (Å²) in [6.45, 7) is 0.416. The van der Waals surface area contributed by atoms with Crippen LogP contribution in [0.15, 0.2) is 39.5 Å². The van der Waals surface area contributed by atoms with Crippen molar-refractivity contribution in [3.8, 4) is 0 Å². The molecule has 2 aromatic rings. The fourth-order valence-corrected chi connectivity index (χ4v) is 2.77. The Morgan fingerprint density at radius 3 is 2.84 bits per heavy atom. The van der Waals surface area contributed by atoms with Crippen LogP contribution in [0.2, 0.25) is 0 Å². The summed E-state index contributed by atoms with van der Waals surface area (Å²) in [5, 5.41) is 3.19. The first-order valence-electron chi connectivity index (χ1n) is 7.69. The number of nitrogens with one attached hydrogen (secondary N) is 1. The van der Waals surface area contributed by atoms with Crippen molar-refractivity contribution in [3.63, 3.8) is 0 Å². The van der Waals surface area contributed by atoms with Gasteiger partial charge in [-0.25, -0.2) is 4.79 Å². The Morgan fingerprint density at radius 1 is 1.32 bits per heavy atom. The summed E-state index contributed by atoms with van der Waals surface area (Å²) < 4.78 is 9.75. The van der Waals surface area contributed by atoms with E-state index < -0.39 is 29.5 Å². The van der Waals surface area contributed by atoms with Crippen molar-refractivity contribution in [2.75, 3.05) is 20.2 Å². The molecule has 1 unspecified atom stereocenters. The van der Waals surface area contributed by atoms with E-state index in [0.29, 0.717) is 11.0 Å². The van der Waals surface area contributed by atoms with Gasteiger partial charge in [-0.3, -0.25) is 14.4 Å². The van der Waals surface area contributed by atoms with Gasteiger partial charge in [-0.15, -0.1) is 0 Å². The van der Waals surface area contributed by atoms with Crippen molar-refractivity contribution >= 4 is 28.8 Å². The monoisotopic (exact) mass is 344 g/mol. The summed E-state index contributed by atoms with van der Waals surface area (Å²) in [5.41, 5.74) is -0.596. The summed E-state index contributed by atoms with van der Waals surface area (Å²) in [6.07, 6.45) is -0.285. The molecule has 1 N–H and O–H groups in total. The van der Waals surface area contributed by atoms with Crippen LogP contribution >= 0.6 is 0 Å². The molecule has 2 heterocycles. The third-order valence-electron chi connectivity index (χ3n) is 4.05. The average Bonchev–Trinajstić information content (AvgIpc) is 2.62. The zero-order valence-electron chi connectivity index (χ0n) is 13.5. The van der Waals surface area contributed by atoms with Gasteiger partial charge in [0.15, 0.2) is 0 Å². The molecule has 8 nitrogen and oxygen atoms in total. The van der Waals surface area contributed by atoms with Crippen LogP contribution in [0.5, 0.6) is 0 Å². The molecule has 25 heavy (non-hydrogen) atoms. The molecule has 1 saturated heterocycles. The SMILES string of the molecule is COC(=O)CC1C(=O)NCCN1C(=O)c1cc2ccccc2oc1=O. The highest BCUT2D eigenvalue weighted by atomic mass is 16.5. The number of rotatable bonds is 3. The topological polar surface area (TPSA) is 106 Å². The molecule has 1 aromatic heterocycles. The Bertz CT molecular complexity index is 903. The summed E-state index contributed by atoms with van der Waals surface area (Å²) in [6, 6.07) is 7.22. The highest BCUT2D eigenvalue weighted by Gasteiger charge is 2.36. The highest BCUT2D eigenvalue weighted by Crippen LogP contribution is 2.17. The largest absolute Gasteiger partial charge is 0.469 e. The van der Waals surface area contributed by atoms with Gasteiger partial charge in [0.2, 0.25) is 5.91 Å². The number of carbonyl (C=O) groups excluding carboxylic acids is 3. The zero-order chi connectivity index (χ0) is 18.0. The minimum Gasteiger partial charge on any atom is -0.469 e.